The number of nitrogens with zero attached hydrogens (tertiary/aromatic N) is 1. The second-order valence-electron chi connectivity index (χ2n) is 5.20. The SMILES string of the molecule is Cc1ccc(N2CC(C)(C)C(=O)N2)c(C)c1. The summed E-state index contributed by atoms with van der Waals surface area (Å²) in [5, 5.41) is 1.94. The van der Waals surface area contributed by atoms with Crippen LogP contribution in [0.4, 0.5) is 5.69 Å². The molecule has 16 heavy (non-hydrogen) atoms. The predicted octanol–water partition coefficient (Wildman–Crippen LogP) is 2.18. The van der Waals surface area contributed by atoms with Gasteiger partial charge >= 0.3 is 0 Å². The van der Waals surface area contributed by atoms with Crippen molar-refractivity contribution in [1.29, 1.82) is 0 Å². The van der Waals surface area contributed by atoms with E-state index in [2.05, 4.69) is 37.5 Å². The molecule has 1 heterocycles. The lowest BCUT2D eigenvalue weighted by Gasteiger charge is -2.21. The number of nitrogens with one attached hydrogen (secondary N) is 1. The maximum absolute atomic E-state index is 11.7. The van der Waals surface area contributed by atoms with Gasteiger partial charge in [0.1, 0.15) is 0 Å². The van der Waals surface area contributed by atoms with Crippen LogP contribution in [-0.2, 0) is 4.79 Å². The normalized spacial score (nSPS) is 18.8. The summed E-state index contributed by atoms with van der Waals surface area (Å²) >= 11 is 0. The Labute approximate surface area is 96.4 Å². The first-order valence-corrected chi connectivity index (χ1v) is 5.56. The van der Waals surface area contributed by atoms with Crippen LogP contribution in [0.1, 0.15) is 25.0 Å². The third kappa shape index (κ3) is 1.77. The fourth-order valence-electron chi connectivity index (χ4n) is 2.03. The average Bonchev–Trinajstić information content (AvgIpc) is 2.40. The topological polar surface area (TPSA) is 32.3 Å². The molecule has 86 valence electrons. The molecule has 0 aromatic heterocycles. The summed E-state index contributed by atoms with van der Waals surface area (Å²) in [6, 6.07) is 6.26. The quantitative estimate of drug-likeness (QED) is 0.783. The molecule has 1 N–H and O–H groups in total. The number of rotatable bonds is 1. The first-order valence-electron chi connectivity index (χ1n) is 5.56. The lowest BCUT2D eigenvalue weighted by Crippen LogP contribution is -2.33. The van der Waals surface area contributed by atoms with E-state index in [0.717, 1.165) is 12.2 Å². The first-order chi connectivity index (χ1) is 7.40. The zero-order valence-corrected chi connectivity index (χ0v) is 10.3. The van der Waals surface area contributed by atoms with Crippen molar-refractivity contribution in [1.82, 2.24) is 5.43 Å². The molecule has 1 aliphatic rings. The predicted molar refractivity (Wildman–Crippen MR) is 65.2 cm³/mol. The highest BCUT2D eigenvalue weighted by Gasteiger charge is 2.38. The van der Waals surface area contributed by atoms with Gasteiger partial charge in [-0.15, -0.1) is 0 Å². The minimum absolute atomic E-state index is 0.0903. The lowest BCUT2D eigenvalue weighted by molar-refractivity contribution is -0.125. The molecular formula is C13H18N2O. The molecule has 1 saturated heterocycles. The maximum Gasteiger partial charge on any atom is 0.246 e. The van der Waals surface area contributed by atoms with Gasteiger partial charge in [-0.25, -0.2) is 0 Å². The van der Waals surface area contributed by atoms with Crippen molar-refractivity contribution in [2.45, 2.75) is 27.7 Å². The minimum atomic E-state index is -0.308. The Morgan fingerprint density at radius 1 is 1.31 bits per heavy atom. The van der Waals surface area contributed by atoms with Crippen molar-refractivity contribution in [3.8, 4) is 0 Å². The highest BCUT2D eigenvalue weighted by Crippen LogP contribution is 2.29. The van der Waals surface area contributed by atoms with Crippen LogP contribution in [0.15, 0.2) is 18.2 Å². The van der Waals surface area contributed by atoms with E-state index in [4.69, 9.17) is 0 Å². The van der Waals surface area contributed by atoms with Crippen LogP contribution in [0.2, 0.25) is 0 Å². The van der Waals surface area contributed by atoms with Gasteiger partial charge in [0.2, 0.25) is 5.91 Å². The summed E-state index contributed by atoms with van der Waals surface area (Å²) in [5.41, 5.74) is 6.13. The molecule has 0 radical (unpaired) electrons. The number of aryl methyl sites for hydroxylation is 2. The van der Waals surface area contributed by atoms with E-state index in [1.165, 1.54) is 11.1 Å². The van der Waals surface area contributed by atoms with Gasteiger partial charge in [-0.3, -0.25) is 15.2 Å². The number of amides is 1. The number of benzene rings is 1. The van der Waals surface area contributed by atoms with Gasteiger partial charge in [-0.05, 0) is 39.3 Å². The second-order valence-corrected chi connectivity index (χ2v) is 5.20. The highest BCUT2D eigenvalue weighted by molar-refractivity contribution is 5.87. The van der Waals surface area contributed by atoms with E-state index in [9.17, 15) is 4.79 Å². The molecule has 3 nitrogen and oxygen atoms in total. The number of hydrogen-bond donors (Lipinski definition) is 1. The van der Waals surface area contributed by atoms with Crippen LogP contribution in [0, 0.1) is 19.3 Å². The molecule has 1 aromatic rings. The monoisotopic (exact) mass is 218 g/mol. The number of anilines is 1. The van der Waals surface area contributed by atoms with Gasteiger partial charge in [0, 0.05) is 0 Å². The molecule has 1 aliphatic heterocycles. The summed E-state index contributed by atoms with van der Waals surface area (Å²) in [6.45, 7) is 8.79. The standard InChI is InChI=1S/C13H18N2O/c1-9-5-6-11(10(2)7-9)15-8-13(3,4)12(16)14-15/h5-7H,8H2,1-4H3,(H,14,16). The van der Waals surface area contributed by atoms with Crippen molar-refractivity contribution in [3.05, 3.63) is 29.3 Å². The molecule has 1 aromatic carbocycles. The van der Waals surface area contributed by atoms with Gasteiger partial charge < -0.3 is 0 Å². The van der Waals surface area contributed by atoms with E-state index in [1.54, 1.807) is 0 Å². The molecule has 0 aliphatic carbocycles. The zero-order valence-electron chi connectivity index (χ0n) is 10.3. The second kappa shape index (κ2) is 3.51. The van der Waals surface area contributed by atoms with Crippen LogP contribution >= 0.6 is 0 Å². The van der Waals surface area contributed by atoms with Crippen LogP contribution in [-0.4, -0.2) is 12.5 Å². The Morgan fingerprint density at radius 3 is 2.50 bits per heavy atom. The molecule has 0 bridgehead atoms. The molecule has 0 spiro atoms. The molecule has 0 saturated carbocycles. The van der Waals surface area contributed by atoms with E-state index >= 15 is 0 Å². The number of hydrogen-bond acceptors (Lipinski definition) is 2. The fraction of sp³-hybridized carbons (Fsp3) is 0.462. The van der Waals surface area contributed by atoms with E-state index in [-0.39, 0.29) is 11.3 Å². The first kappa shape index (κ1) is 11.0. The molecule has 0 unspecified atom stereocenters. The molecule has 3 heteroatoms. The third-order valence-electron chi connectivity index (χ3n) is 3.05. The van der Waals surface area contributed by atoms with Gasteiger partial charge in [0.25, 0.3) is 0 Å². The van der Waals surface area contributed by atoms with Crippen molar-refractivity contribution >= 4 is 11.6 Å². The summed E-state index contributed by atoms with van der Waals surface area (Å²) in [5.74, 6) is 0.0903. The van der Waals surface area contributed by atoms with Gasteiger partial charge in [-0.1, -0.05) is 17.7 Å². The lowest BCUT2D eigenvalue weighted by atomic mass is 9.94. The Morgan fingerprint density at radius 2 is 2.00 bits per heavy atom. The largest absolute Gasteiger partial charge is 0.284 e. The highest BCUT2D eigenvalue weighted by atomic mass is 16.2. The van der Waals surface area contributed by atoms with Crippen molar-refractivity contribution < 1.29 is 4.79 Å². The maximum atomic E-state index is 11.7. The van der Waals surface area contributed by atoms with Crippen molar-refractivity contribution in [2.75, 3.05) is 11.6 Å². The molecule has 1 amide bonds. The van der Waals surface area contributed by atoms with Crippen molar-refractivity contribution in [2.24, 2.45) is 5.41 Å². The van der Waals surface area contributed by atoms with Gasteiger partial charge in [-0.2, -0.15) is 0 Å². The van der Waals surface area contributed by atoms with Gasteiger partial charge in [0.05, 0.1) is 17.6 Å². The summed E-state index contributed by atoms with van der Waals surface area (Å²) < 4.78 is 0. The molecule has 1 fully saturated rings. The van der Waals surface area contributed by atoms with E-state index in [1.807, 2.05) is 18.9 Å². The fourth-order valence-corrected chi connectivity index (χ4v) is 2.03. The summed E-state index contributed by atoms with van der Waals surface area (Å²) in [7, 11) is 0. The number of carbonyl (C=O) groups excluding carboxylic acids is 1. The summed E-state index contributed by atoms with van der Waals surface area (Å²) in [6.07, 6.45) is 0. The molecule has 2 rings (SSSR count). The number of carbonyl (C=O) groups is 1. The van der Waals surface area contributed by atoms with Crippen LogP contribution in [0.25, 0.3) is 0 Å². The van der Waals surface area contributed by atoms with E-state index < -0.39 is 0 Å². The average molecular weight is 218 g/mol. The van der Waals surface area contributed by atoms with Gasteiger partial charge in [0.15, 0.2) is 0 Å². The summed E-state index contributed by atoms with van der Waals surface area (Å²) in [4.78, 5) is 11.7. The smallest absolute Gasteiger partial charge is 0.246 e. The molecular weight excluding hydrogens is 200 g/mol. The minimum Gasteiger partial charge on any atom is -0.284 e. The van der Waals surface area contributed by atoms with Crippen LogP contribution in [0.3, 0.4) is 0 Å². The number of hydrazine groups is 1. The third-order valence-corrected chi connectivity index (χ3v) is 3.05. The van der Waals surface area contributed by atoms with Crippen LogP contribution in [0.5, 0.6) is 0 Å². The van der Waals surface area contributed by atoms with E-state index in [0.29, 0.717) is 0 Å². The van der Waals surface area contributed by atoms with Crippen molar-refractivity contribution in [3.63, 3.8) is 0 Å². The van der Waals surface area contributed by atoms with Crippen LogP contribution < -0.4 is 10.4 Å². The Bertz CT molecular complexity index is 438. The Hall–Kier alpha value is -1.51. The Kier molecular flexibility index (Phi) is 2.41. The zero-order chi connectivity index (χ0) is 11.9. The Balaban J connectivity index is 2.30. The molecule has 0 atom stereocenters.